The van der Waals surface area contributed by atoms with Crippen LogP contribution in [0.25, 0.3) is 21.6 Å². The summed E-state index contributed by atoms with van der Waals surface area (Å²) >= 11 is 0. The van der Waals surface area contributed by atoms with Gasteiger partial charge in [0.1, 0.15) is 5.69 Å². The van der Waals surface area contributed by atoms with Gasteiger partial charge in [-0.25, -0.2) is 14.8 Å². The molecular weight excluding hydrogens is 442 g/mol. The first-order chi connectivity index (χ1) is 17.2. The van der Waals surface area contributed by atoms with Crippen LogP contribution in [0.5, 0.6) is 5.75 Å². The molecule has 0 aliphatic heterocycles. The van der Waals surface area contributed by atoms with Gasteiger partial charge in [-0.15, -0.1) is 10.2 Å². The molecule has 5 rings (SSSR count). The molecule has 0 unspecified atom stereocenters. The van der Waals surface area contributed by atoms with Crippen molar-refractivity contribution in [3.63, 3.8) is 0 Å². The lowest BCUT2D eigenvalue weighted by molar-refractivity contribution is 0.102. The van der Waals surface area contributed by atoms with E-state index in [4.69, 9.17) is 6.57 Å². The van der Waals surface area contributed by atoms with E-state index < -0.39 is 5.91 Å². The van der Waals surface area contributed by atoms with Crippen molar-refractivity contribution in [2.75, 3.05) is 5.32 Å². The zero-order valence-electron chi connectivity index (χ0n) is 18.2. The number of hydrogen-bond donors (Lipinski definition) is 2. The first kappa shape index (κ1) is 21.5. The lowest BCUT2D eigenvalue weighted by Gasteiger charge is -2.11. The number of nitrogens with one attached hydrogen (secondary N) is 1. The number of phenolic OH excluding ortho intramolecular Hbond substituents is 1. The van der Waals surface area contributed by atoms with Gasteiger partial charge in [0.15, 0.2) is 11.6 Å². The van der Waals surface area contributed by atoms with E-state index >= 15 is 0 Å². The number of aromatic hydroxyl groups is 1. The van der Waals surface area contributed by atoms with Crippen LogP contribution >= 0.6 is 0 Å². The van der Waals surface area contributed by atoms with Gasteiger partial charge in [-0.3, -0.25) is 9.36 Å². The highest BCUT2D eigenvalue weighted by atomic mass is 16.3. The molecular formula is C26H17N7O2. The lowest BCUT2D eigenvalue weighted by atomic mass is 10.0. The molecule has 5 aromatic rings. The van der Waals surface area contributed by atoms with Gasteiger partial charge in [0.05, 0.1) is 12.1 Å². The lowest BCUT2D eigenvalue weighted by Crippen LogP contribution is -2.12. The van der Waals surface area contributed by atoms with Crippen LogP contribution in [0.15, 0.2) is 102 Å². The number of rotatable bonds is 5. The molecule has 2 heterocycles. The number of benzene rings is 3. The number of fused-ring (bicyclic) bond motifs is 1. The maximum Gasteiger partial charge on any atom is 0.259 e. The van der Waals surface area contributed by atoms with Gasteiger partial charge in [0, 0.05) is 29.7 Å². The van der Waals surface area contributed by atoms with Crippen LogP contribution in [0.3, 0.4) is 0 Å². The summed E-state index contributed by atoms with van der Waals surface area (Å²) in [6.07, 6.45) is 4.78. The molecule has 0 aliphatic carbocycles. The Morgan fingerprint density at radius 1 is 0.971 bits per heavy atom. The van der Waals surface area contributed by atoms with Gasteiger partial charge in [0.2, 0.25) is 11.6 Å². The van der Waals surface area contributed by atoms with Crippen molar-refractivity contribution in [2.45, 2.75) is 0 Å². The number of hydrogen-bond acceptors (Lipinski definition) is 6. The number of azo groups is 1. The van der Waals surface area contributed by atoms with Crippen molar-refractivity contribution >= 4 is 39.6 Å². The third kappa shape index (κ3) is 4.19. The number of anilines is 1. The summed E-state index contributed by atoms with van der Waals surface area (Å²) < 4.78 is 1.53. The summed E-state index contributed by atoms with van der Waals surface area (Å²) in [6, 6.07) is 21.0. The Kier molecular flexibility index (Phi) is 5.68. The van der Waals surface area contributed by atoms with Crippen LogP contribution in [0.4, 0.5) is 22.9 Å². The summed E-state index contributed by atoms with van der Waals surface area (Å²) in [5, 5.41) is 23.7. The SMILES string of the molecule is [C-]#[N+]c1ccn(-c2ncccn2)c1N=Nc1c(O)c(C(=O)Nc2ccccc2)cc2ccccc12. The highest BCUT2D eigenvalue weighted by Crippen LogP contribution is 2.41. The van der Waals surface area contributed by atoms with Gasteiger partial charge in [-0.2, -0.15) is 0 Å². The molecule has 0 spiro atoms. The molecule has 0 bridgehead atoms. The van der Waals surface area contributed by atoms with Crippen molar-refractivity contribution in [3.8, 4) is 11.7 Å². The summed E-state index contributed by atoms with van der Waals surface area (Å²) in [6.45, 7) is 7.48. The molecule has 0 fully saturated rings. The summed E-state index contributed by atoms with van der Waals surface area (Å²) in [5.74, 6) is -0.284. The highest BCUT2D eigenvalue weighted by Gasteiger charge is 2.19. The molecule has 2 N–H and O–H groups in total. The predicted molar refractivity (Wildman–Crippen MR) is 132 cm³/mol. The molecule has 3 aromatic carbocycles. The first-order valence-electron chi connectivity index (χ1n) is 10.5. The van der Waals surface area contributed by atoms with Gasteiger partial charge in [0.25, 0.3) is 5.91 Å². The van der Waals surface area contributed by atoms with Crippen molar-refractivity contribution < 1.29 is 9.90 Å². The maximum atomic E-state index is 13.0. The first-order valence-corrected chi connectivity index (χ1v) is 10.5. The minimum atomic E-state index is -0.487. The van der Waals surface area contributed by atoms with Crippen molar-refractivity contribution in [2.24, 2.45) is 10.2 Å². The molecule has 0 saturated heterocycles. The van der Waals surface area contributed by atoms with Crippen LogP contribution in [0, 0.1) is 6.57 Å². The maximum absolute atomic E-state index is 13.0. The molecule has 0 atom stereocenters. The minimum absolute atomic E-state index is 0.0497. The molecule has 2 aromatic heterocycles. The Labute approximate surface area is 199 Å². The van der Waals surface area contributed by atoms with E-state index in [1.54, 1.807) is 73.2 Å². The molecule has 0 radical (unpaired) electrons. The summed E-state index contributed by atoms with van der Waals surface area (Å²) in [7, 11) is 0. The number of para-hydroxylation sites is 1. The van der Waals surface area contributed by atoms with Crippen LogP contribution < -0.4 is 5.32 Å². The third-order valence-corrected chi connectivity index (χ3v) is 5.24. The second-order valence-corrected chi connectivity index (χ2v) is 7.42. The Hall–Kier alpha value is -5.36. The Bertz CT molecular complexity index is 1600. The highest BCUT2D eigenvalue weighted by molar-refractivity contribution is 6.11. The van der Waals surface area contributed by atoms with Crippen molar-refractivity contribution in [1.29, 1.82) is 0 Å². The van der Waals surface area contributed by atoms with Crippen LogP contribution in [0.2, 0.25) is 0 Å². The van der Waals surface area contributed by atoms with E-state index in [9.17, 15) is 9.90 Å². The minimum Gasteiger partial charge on any atom is -0.505 e. The van der Waals surface area contributed by atoms with Gasteiger partial charge in [-0.1, -0.05) is 42.5 Å². The van der Waals surface area contributed by atoms with Crippen LogP contribution in [-0.4, -0.2) is 25.5 Å². The Balaban J connectivity index is 1.61. The number of phenols is 1. The van der Waals surface area contributed by atoms with E-state index in [0.29, 0.717) is 22.4 Å². The smallest absolute Gasteiger partial charge is 0.259 e. The number of carbonyl (C=O) groups excluding carboxylic acids is 1. The van der Waals surface area contributed by atoms with Gasteiger partial charge < -0.3 is 10.4 Å². The van der Waals surface area contributed by atoms with E-state index in [1.807, 2.05) is 18.2 Å². The molecule has 0 aliphatic rings. The van der Waals surface area contributed by atoms with Crippen LogP contribution in [0.1, 0.15) is 10.4 Å². The summed E-state index contributed by atoms with van der Waals surface area (Å²) in [5.41, 5.74) is 0.992. The topological polar surface area (TPSA) is 109 Å². The third-order valence-electron chi connectivity index (χ3n) is 5.24. The normalized spacial score (nSPS) is 10.9. The van der Waals surface area contributed by atoms with E-state index in [-0.39, 0.29) is 28.5 Å². The summed E-state index contributed by atoms with van der Waals surface area (Å²) in [4.78, 5) is 24.9. The standard InChI is InChI=1S/C26H17N7O2/c1-27-21-12-15-33(26-28-13-7-14-29-26)24(21)32-31-22-19-11-6-5-8-17(19)16-20(23(22)34)25(35)30-18-9-3-2-4-10-18/h2-16,34H,(H,30,35). The monoisotopic (exact) mass is 459 g/mol. The molecule has 9 heteroatoms. The second kappa shape index (κ2) is 9.25. The van der Waals surface area contributed by atoms with Crippen molar-refractivity contribution in [1.82, 2.24) is 14.5 Å². The average molecular weight is 459 g/mol. The van der Waals surface area contributed by atoms with Crippen molar-refractivity contribution in [3.05, 3.63) is 108 Å². The Morgan fingerprint density at radius 2 is 1.71 bits per heavy atom. The second-order valence-electron chi connectivity index (χ2n) is 7.42. The number of nitrogens with zero attached hydrogens (tertiary/aromatic N) is 6. The van der Waals surface area contributed by atoms with Gasteiger partial charge in [-0.05, 0) is 35.7 Å². The van der Waals surface area contributed by atoms with Gasteiger partial charge >= 0.3 is 0 Å². The number of aromatic nitrogens is 3. The largest absolute Gasteiger partial charge is 0.505 e. The molecule has 9 nitrogen and oxygen atoms in total. The zero-order valence-corrected chi connectivity index (χ0v) is 18.2. The molecule has 168 valence electrons. The van der Waals surface area contributed by atoms with E-state index in [1.165, 1.54) is 4.57 Å². The fraction of sp³-hybridized carbons (Fsp3) is 0. The molecule has 35 heavy (non-hydrogen) atoms. The Morgan fingerprint density at radius 3 is 2.49 bits per heavy atom. The average Bonchev–Trinajstić information content (AvgIpc) is 3.32. The number of amides is 1. The van der Waals surface area contributed by atoms with E-state index in [2.05, 4.69) is 30.4 Å². The molecule has 0 saturated carbocycles. The predicted octanol–water partition coefficient (Wildman–Crippen LogP) is 6.34. The fourth-order valence-corrected chi connectivity index (χ4v) is 3.59. The molecule has 1 amide bonds. The van der Waals surface area contributed by atoms with E-state index in [0.717, 1.165) is 0 Å². The zero-order chi connectivity index (χ0) is 24.2. The fourth-order valence-electron chi connectivity index (χ4n) is 3.59. The van der Waals surface area contributed by atoms with Crippen LogP contribution in [-0.2, 0) is 0 Å². The number of carbonyl (C=O) groups is 1. The quantitative estimate of drug-likeness (QED) is 0.236.